The molecule has 2 rings (SSSR count). The molecule has 0 aliphatic heterocycles. The number of carbonyl (C=O) groups is 1. The molecule has 1 saturated carbocycles. The normalized spacial score (nSPS) is 22.1. The average Bonchev–Trinajstić information content (AvgIpc) is 2.48. The third-order valence-electron chi connectivity index (χ3n) is 3.51. The highest BCUT2D eigenvalue weighted by atomic mass is 16.5. The molecule has 0 spiro atoms. The van der Waals surface area contributed by atoms with Gasteiger partial charge in [-0.1, -0.05) is 6.07 Å². The van der Waals surface area contributed by atoms with Crippen LogP contribution in [0, 0.1) is 0 Å². The molecule has 1 aromatic rings. The number of aromatic nitrogens is 1. The van der Waals surface area contributed by atoms with Crippen molar-refractivity contribution in [3.8, 4) is 5.88 Å². The zero-order chi connectivity index (χ0) is 14.4. The minimum absolute atomic E-state index is 0.147. The minimum atomic E-state index is -0.212. The zero-order valence-electron chi connectivity index (χ0n) is 11.6. The van der Waals surface area contributed by atoms with Crippen molar-refractivity contribution >= 4 is 6.03 Å². The van der Waals surface area contributed by atoms with Gasteiger partial charge in [0.1, 0.15) is 0 Å². The van der Waals surface area contributed by atoms with Crippen molar-refractivity contribution in [1.82, 2.24) is 15.6 Å². The predicted molar refractivity (Wildman–Crippen MR) is 74.4 cm³/mol. The molecule has 0 radical (unpaired) electrons. The number of amides is 2. The summed E-state index contributed by atoms with van der Waals surface area (Å²) in [6.07, 6.45) is 4.59. The first-order chi connectivity index (χ1) is 9.69. The number of nitrogens with zero attached hydrogens (tertiary/aromatic N) is 1. The van der Waals surface area contributed by atoms with E-state index >= 15 is 0 Å². The van der Waals surface area contributed by atoms with Crippen molar-refractivity contribution in [2.24, 2.45) is 0 Å². The van der Waals surface area contributed by atoms with E-state index in [4.69, 9.17) is 4.74 Å². The van der Waals surface area contributed by atoms with Gasteiger partial charge >= 0.3 is 6.03 Å². The van der Waals surface area contributed by atoms with Crippen molar-refractivity contribution < 1.29 is 14.6 Å². The molecule has 20 heavy (non-hydrogen) atoms. The van der Waals surface area contributed by atoms with Crippen LogP contribution in [0.3, 0.4) is 0 Å². The molecular formula is C14H21N3O3. The number of aliphatic hydroxyl groups is 1. The number of methoxy groups -OCH3 is 1. The van der Waals surface area contributed by atoms with Crippen LogP contribution in [0.15, 0.2) is 18.3 Å². The van der Waals surface area contributed by atoms with Crippen molar-refractivity contribution in [2.45, 2.75) is 44.4 Å². The number of hydrogen-bond acceptors (Lipinski definition) is 4. The van der Waals surface area contributed by atoms with Gasteiger partial charge in [0, 0.05) is 24.3 Å². The number of carbonyl (C=O) groups excluding carboxylic acids is 1. The van der Waals surface area contributed by atoms with E-state index in [-0.39, 0.29) is 18.2 Å². The quantitative estimate of drug-likeness (QED) is 0.773. The van der Waals surface area contributed by atoms with Gasteiger partial charge in [0.2, 0.25) is 5.88 Å². The van der Waals surface area contributed by atoms with E-state index in [1.54, 1.807) is 19.4 Å². The molecule has 0 atom stereocenters. The first-order valence-corrected chi connectivity index (χ1v) is 6.89. The number of aliphatic hydroxyl groups excluding tert-OH is 1. The van der Waals surface area contributed by atoms with Gasteiger partial charge in [-0.05, 0) is 31.7 Å². The van der Waals surface area contributed by atoms with Gasteiger partial charge in [0.25, 0.3) is 0 Å². The second kappa shape index (κ2) is 7.09. The van der Waals surface area contributed by atoms with Crippen LogP contribution < -0.4 is 15.4 Å². The monoisotopic (exact) mass is 279 g/mol. The van der Waals surface area contributed by atoms with Gasteiger partial charge in [0.05, 0.1) is 13.2 Å². The van der Waals surface area contributed by atoms with E-state index in [1.165, 1.54) is 0 Å². The van der Waals surface area contributed by atoms with Gasteiger partial charge in [-0.15, -0.1) is 0 Å². The molecule has 0 saturated heterocycles. The molecular weight excluding hydrogens is 258 g/mol. The summed E-state index contributed by atoms with van der Waals surface area (Å²) in [5, 5.41) is 15.1. The minimum Gasteiger partial charge on any atom is -0.481 e. The van der Waals surface area contributed by atoms with E-state index in [1.807, 2.05) is 6.07 Å². The van der Waals surface area contributed by atoms with Gasteiger partial charge in [-0.25, -0.2) is 9.78 Å². The van der Waals surface area contributed by atoms with Crippen LogP contribution >= 0.6 is 0 Å². The van der Waals surface area contributed by atoms with Gasteiger partial charge < -0.3 is 20.5 Å². The summed E-state index contributed by atoms with van der Waals surface area (Å²) >= 11 is 0. The Hall–Kier alpha value is -1.82. The van der Waals surface area contributed by atoms with E-state index in [9.17, 15) is 9.90 Å². The Labute approximate surface area is 118 Å². The Bertz CT molecular complexity index is 445. The van der Waals surface area contributed by atoms with Crippen molar-refractivity contribution in [2.75, 3.05) is 7.11 Å². The Morgan fingerprint density at radius 1 is 1.45 bits per heavy atom. The SMILES string of the molecule is COc1ncccc1CNC(=O)NC1CCC(O)CC1. The lowest BCUT2D eigenvalue weighted by atomic mass is 9.93. The maximum absolute atomic E-state index is 11.8. The maximum Gasteiger partial charge on any atom is 0.315 e. The maximum atomic E-state index is 11.8. The van der Waals surface area contributed by atoms with Crippen LogP contribution in [0.2, 0.25) is 0 Å². The van der Waals surface area contributed by atoms with E-state index in [2.05, 4.69) is 15.6 Å². The number of nitrogens with one attached hydrogen (secondary N) is 2. The lowest BCUT2D eigenvalue weighted by Crippen LogP contribution is -2.43. The molecule has 1 aromatic heterocycles. The molecule has 3 N–H and O–H groups in total. The fourth-order valence-corrected chi connectivity index (χ4v) is 2.37. The fourth-order valence-electron chi connectivity index (χ4n) is 2.37. The van der Waals surface area contributed by atoms with E-state index < -0.39 is 0 Å². The molecule has 0 bridgehead atoms. The van der Waals surface area contributed by atoms with Crippen molar-refractivity contribution in [1.29, 1.82) is 0 Å². The van der Waals surface area contributed by atoms with E-state index in [0.29, 0.717) is 12.4 Å². The Balaban J connectivity index is 1.77. The first-order valence-electron chi connectivity index (χ1n) is 6.89. The standard InChI is InChI=1S/C14H21N3O3/c1-20-13-10(3-2-8-15-13)9-16-14(19)17-11-4-6-12(18)7-5-11/h2-3,8,11-12,18H,4-7,9H2,1H3,(H2,16,17,19). The van der Waals surface area contributed by atoms with Crippen LogP contribution in [-0.4, -0.2) is 35.4 Å². The Kier molecular flexibility index (Phi) is 5.17. The Morgan fingerprint density at radius 3 is 2.90 bits per heavy atom. The second-order valence-corrected chi connectivity index (χ2v) is 5.00. The highest BCUT2D eigenvalue weighted by molar-refractivity contribution is 5.74. The van der Waals surface area contributed by atoms with Crippen molar-refractivity contribution in [3.05, 3.63) is 23.9 Å². The summed E-state index contributed by atoms with van der Waals surface area (Å²) in [6, 6.07) is 3.62. The molecule has 110 valence electrons. The number of pyridine rings is 1. The van der Waals surface area contributed by atoms with Crippen LogP contribution in [0.25, 0.3) is 0 Å². The summed E-state index contributed by atoms with van der Waals surface area (Å²) in [5.74, 6) is 0.522. The molecule has 0 aromatic carbocycles. The van der Waals surface area contributed by atoms with Gasteiger partial charge in [-0.2, -0.15) is 0 Å². The topological polar surface area (TPSA) is 83.5 Å². The lowest BCUT2D eigenvalue weighted by molar-refractivity contribution is 0.117. The first kappa shape index (κ1) is 14.6. The molecule has 6 nitrogen and oxygen atoms in total. The van der Waals surface area contributed by atoms with Crippen LogP contribution in [0.4, 0.5) is 4.79 Å². The summed E-state index contributed by atoms with van der Waals surface area (Å²) in [7, 11) is 1.55. The third kappa shape index (κ3) is 4.09. The van der Waals surface area contributed by atoms with Crippen LogP contribution in [-0.2, 0) is 6.54 Å². The summed E-state index contributed by atoms with van der Waals surface area (Å²) < 4.78 is 5.13. The van der Waals surface area contributed by atoms with E-state index in [0.717, 1.165) is 31.2 Å². The molecule has 1 heterocycles. The summed E-state index contributed by atoms with van der Waals surface area (Å²) in [5.41, 5.74) is 0.837. The highest BCUT2D eigenvalue weighted by Crippen LogP contribution is 2.18. The Morgan fingerprint density at radius 2 is 2.20 bits per heavy atom. The molecule has 0 unspecified atom stereocenters. The third-order valence-corrected chi connectivity index (χ3v) is 3.51. The largest absolute Gasteiger partial charge is 0.481 e. The molecule has 2 amide bonds. The lowest BCUT2D eigenvalue weighted by Gasteiger charge is -2.26. The second-order valence-electron chi connectivity index (χ2n) is 5.00. The smallest absolute Gasteiger partial charge is 0.315 e. The predicted octanol–water partition coefficient (Wildman–Crippen LogP) is 1.19. The van der Waals surface area contributed by atoms with Crippen molar-refractivity contribution in [3.63, 3.8) is 0 Å². The summed E-state index contributed by atoms with van der Waals surface area (Å²) in [4.78, 5) is 15.9. The molecule has 6 heteroatoms. The zero-order valence-corrected chi connectivity index (χ0v) is 11.6. The molecule has 1 aliphatic carbocycles. The van der Waals surface area contributed by atoms with Gasteiger partial charge in [0.15, 0.2) is 0 Å². The number of ether oxygens (including phenoxy) is 1. The molecule has 1 fully saturated rings. The van der Waals surface area contributed by atoms with Crippen LogP contribution in [0.1, 0.15) is 31.2 Å². The average molecular weight is 279 g/mol. The van der Waals surface area contributed by atoms with Gasteiger partial charge in [-0.3, -0.25) is 0 Å². The fraction of sp³-hybridized carbons (Fsp3) is 0.571. The highest BCUT2D eigenvalue weighted by Gasteiger charge is 2.20. The van der Waals surface area contributed by atoms with Crippen LogP contribution in [0.5, 0.6) is 5.88 Å². The number of rotatable bonds is 4. The number of urea groups is 1. The number of hydrogen-bond donors (Lipinski definition) is 3. The summed E-state index contributed by atoms with van der Waals surface area (Å²) in [6.45, 7) is 0.373. The molecule has 1 aliphatic rings.